The smallest absolute Gasteiger partial charge is 0.241 e. The molecule has 0 aliphatic carbocycles. The van der Waals surface area contributed by atoms with Crippen LogP contribution in [0.25, 0.3) is 0 Å². The van der Waals surface area contributed by atoms with Gasteiger partial charge in [-0.05, 0) is 43.5 Å². The molecule has 1 aromatic rings. The Bertz CT molecular complexity index is 558. The lowest BCUT2D eigenvalue weighted by Crippen LogP contribution is -2.41. The van der Waals surface area contributed by atoms with Gasteiger partial charge in [0.05, 0.1) is 24.2 Å². The number of rotatable bonds is 6. The third-order valence-electron chi connectivity index (χ3n) is 3.26. The molecule has 4 N–H and O–H groups in total. The average molecular weight is 302 g/mol. The van der Waals surface area contributed by atoms with E-state index < -0.39 is 16.1 Å². The fraction of sp³-hybridized carbons (Fsp3) is 0.538. The second-order valence-electron chi connectivity index (χ2n) is 4.82. The number of hydrogen-bond donors (Lipinski definition) is 3. The predicted molar refractivity (Wildman–Crippen MR) is 78.1 cm³/mol. The van der Waals surface area contributed by atoms with Crippen molar-refractivity contribution < 1.29 is 18.3 Å². The van der Waals surface area contributed by atoms with Crippen molar-refractivity contribution in [3.63, 3.8) is 0 Å². The molecule has 20 heavy (non-hydrogen) atoms. The van der Waals surface area contributed by atoms with Crippen LogP contribution in [0, 0.1) is 20.8 Å². The highest BCUT2D eigenvalue weighted by Gasteiger charge is 2.25. The molecule has 0 aromatic heterocycles. The van der Waals surface area contributed by atoms with Crippen LogP contribution in [-0.4, -0.2) is 39.9 Å². The second-order valence-corrected chi connectivity index (χ2v) is 6.47. The summed E-state index contributed by atoms with van der Waals surface area (Å²) in [7, 11) is -2.33. The minimum Gasteiger partial charge on any atom is -0.398 e. The van der Waals surface area contributed by atoms with Crippen LogP contribution in [0.5, 0.6) is 0 Å². The molecule has 0 aliphatic rings. The van der Waals surface area contributed by atoms with Crippen molar-refractivity contribution in [2.75, 3.05) is 26.1 Å². The fourth-order valence-electron chi connectivity index (χ4n) is 2.05. The van der Waals surface area contributed by atoms with Gasteiger partial charge in [0, 0.05) is 12.8 Å². The van der Waals surface area contributed by atoms with E-state index in [-0.39, 0.29) is 18.1 Å². The molecular formula is C13H22N2O4S. The molecular weight excluding hydrogens is 280 g/mol. The van der Waals surface area contributed by atoms with Crippen LogP contribution in [0.3, 0.4) is 0 Å². The summed E-state index contributed by atoms with van der Waals surface area (Å²) in [4.78, 5) is 0.171. The van der Waals surface area contributed by atoms with Crippen molar-refractivity contribution in [1.82, 2.24) is 4.72 Å². The van der Waals surface area contributed by atoms with E-state index >= 15 is 0 Å². The summed E-state index contributed by atoms with van der Waals surface area (Å²) in [6.07, 6.45) is 0. The topological polar surface area (TPSA) is 102 Å². The van der Waals surface area contributed by atoms with Crippen molar-refractivity contribution in [2.24, 2.45) is 0 Å². The van der Waals surface area contributed by atoms with Gasteiger partial charge in [0.1, 0.15) is 0 Å². The van der Waals surface area contributed by atoms with Gasteiger partial charge in [0.25, 0.3) is 0 Å². The number of nitrogen functional groups attached to an aromatic ring is 1. The zero-order valence-corrected chi connectivity index (χ0v) is 13.0. The van der Waals surface area contributed by atoms with Gasteiger partial charge in [-0.15, -0.1) is 0 Å². The molecule has 6 nitrogen and oxygen atoms in total. The van der Waals surface area contributed by atoms with E-state index in [2.05, 4.69) is 4.72 Å². The zero-order chi connectivity index (χ0) is 15.5. The molecule has 1 atom stereocenters. The normalized spacial score (nSPS) is 13.4. The maximum Gasteiger partial charge on any atom is 0.241 e. The summed E-state index contributed by atoms with van der Waals surface area (Å²) in [5, 5.41) is 9.18. The Balaban J connectivity index is 3.29. The molecule has 0 fully saturated rings. The molecule has 0 radical (unpaired) electrons. The van der Waals surface area contributed by atoms with Gasteiger partial charge in [-0.3, -0.25) is 0 Å². The number of benzene rings is 1. The summed E-state index contributed by atoms with van der Waals surface area (Å²) in [5.74, 6) is 0. The van der Waals surface area contributed by atoms with Gasteiger partial charge < -0.3 is 15.6 Å². The van der Waals surface area contributed by atoms with E-state index in [1.54, 1.807) is 19.9 Å². The van der Waals surface area contributed by atoms with Crippen molar-refractivity contribution in [1.29, 1.82) is 0 Å². The summed E-state index contributed by atoms with van der Waals surface area (Å²) in [5.41, 5.74) is 8.24. The van der Waals surface area contributed by atoms with Crippen molar-refractivity contribution in [3.05, 3.63) is 22.8 Å². The number of aliphatic hydroxyl groups excluding tert-OH is 1. The largest absolute Gasteiger partial charge is 0.398 e. The number of ether oxygens (including phenoxy) is 1. The van der Waals surface area contributed by atoms with E-state index in [9.17, 15) is 13.5 Å². The summed E-state index contributed by atoms with van der Waals surface area (Å²) >= 11 is 0. The first-order chi connectivity index (χ1) is 9.24. The molecule has 1 rings (SSSR count). The van der Waals surface area contributed by atoms with E-state index in [0.717, 1.165) is 5.56 Å². The Labute approximate surface area is 120 Å². The number of hydrogen-bond acceptors (Lipinski definition) is 5. The van der Waals surface area contributed by atoms with E-state index in [0.29, 0.717) is 16.8 Å². The molecule has 0 saturated carbocycles. The standard InChI is InChI=1S/C13H22N2O4S/c1-8-5-12(14)10(3)13(9(8)2)20(17,18)15-11(6-16)7-19-4/h5,11,15-16H,6-7,14H2,1-4H3. The van der Waals surface area contributed by atoms with Crippen molar-refractivity contribution in [3.8, 4) is 0 Å². The van der Waals surface area contributed by atoms with Crippen LogP contribution in [0.1, 0.15) is 16.7 Å². The monoisotopic (exact) mass is 302 g/mol. The van der Waals surface area contributed by atoms with Crippen LogP contribution in [0.15, 0.2) is 11.0 Å². The molecule has 0 saturated heterocycles. The average Bonchev–Trinajstić information content (AvgIpc) is 2.35. The van der Waals surface area contributed by atoms with E-state index in [4.69, 9.17) is 10.5 Å². The van der Waals surface area contributed by atoms with Crippen LogP contribution >= 0.6 is 0 Å². The van der Waals surface area contributed by atoms with Crippen molar-refractivity contribution in [2.45, 2.75) is 31.7 Å². The molecule has 0 aliphatic heterocycles. The summed E-state index contributed by atoms with van der Waals surface area (Å²) < 4.78 is 32.3. The Kier molecular flexibility index (Phi) is 5.52. The van der Waals surface area contributed by atoms with Gasteiger partial charge in [-0.25, -0.2) is 13.1 Å². The number of aliphatic hydroxyl groups is 1. The predicted octanol–water partition coefficient (Wildman–Crippen LogP) is 0.480. The molecule has 0 heterocycles. The lowest BCUT2D eigenvalue weighted by Gasteiger charge is -2.19. The quantitative estimate of drug-likeness (QED) is 0.663. The molecule has 1 aromatic carbocycles. The Morgan fingerprint density at radius 3 is 2.45 bits per heavy atom. The van der Waals surface area contributed by atoms with Crippen LogP contribution < -0.4 is 10.5 Å². The fourth-order valence-corrected chi connectivity index (χ4v) is 3.83. The number of nitrogens with one attached hydrogen (secondary N) is 1. The maximum absolute atomic E-state index is 12.5. The molecule has 0 bridgehead atoms. The summed E-state index contributed by atoms with van der Waals surface area (Å²) in [6, 6.07) is 1.06. The molecule has 1 unspecified atom stereocenters. The zero-order valence-electron chi connectivity index (χ0n) is 12.2. The first-order valence-electron chi connectivity index (χ1n) is 6.23. The number of nitrogens with two attached hydrogens (primary N) is 1. The van der Waals surface area contributed by atoms with Crippen LogP contribution in [0.4, 0.5) is 5.69 Å². The number of methoxy groups -OCH3 is 1. The third-order valence-corrected chi connectivity index (χ3v) is 5.05. The highest BCUT2D eigenvalue weighted by molar-refractivity contribution is 7.89. The number of sulfonamides is 1. The number of aryl methyl sites for hydroxylation is 1. The van der Waals surface area contributed by atoms with Gasteiger partial charge in [0.2, 0.25) is 10.0 Å². The van der Waals surface area contributed by atoms with Gasteiger partial charge in [-0.2, -0.15) is 0 Å². The minimum atomic E-state index is -3.77. The summed E-state index contributed by atoms with van der Waals surface area (Å²) in [6.45, 7) is 4.96. The first-order valence-corrected chi connectivity index (χ1v) is 7.71. The van der Waals surface area contributed by atoms with Gasteiger partial charge in [0.15, 0.2) is 0 Å². The SMILES string of the molecule is COCC(CO)NS(=O)(=O)c1c(C)c(C)cc(N)c1C. The van der Waals surface area contributed by atoms with Crippen LogP contribution in [-0.2, 0) is 14.8 Å². The molecule has 114 valence electrons. The van der Waals surface area contributed by atoms with Gasteiger partial charge >= 0.3 is 0 Å². The molecule has 0 spiro atoms. The Morgan fingerprint density at radius 1 is 1.35 bits per heavy atom. The molecule has 0 amide bonds. The van der Waals surface area contributed by atoms with E-state index in [1.165, 1.54) is 7.11 Å². The van der Waals surface area contributed by atoms with E-state index in [1.807, 2.05) is 6.92 Å². The highest BCUT2D eigenvalue weighted by Crippen LogP contribution is 2.27. The minimum absolute atomic E-state index is 0.0924. The second kappa shape index (κ2) is 6.53. The number of anilines is 1. The van der Waals surface area contributed by atoms with Crippen molar-refractivity contribution >= 4 is 15.7 Å². The maximum atomic E-state index is 12.5. The Morgan fingerprint density at radius 2 is 1.95 bits per heavy atom. The first kappa shape index (κ1) is 16.9. The van der Waals surface area contributed by atoms with Gasteiger partial charge in [-0.1, -0.05) is 0 Å². The molecule has 7 heteroatoms. The third kappa shape index (κ3) is 3.49. The lowest BCUT2D eigenvalue weighted by atomic mass is 10.1. The van der Waals surface area contributed by atoms with Crippen LogP contribution in [0.2, 0.25) is 0 Å². The lowest BCUT2D eigenvalue weighted by molar-refractivity contribution is 0.139. The Hall–Kier alpha value is -1.15. The highest BCUT2D eigenvalue weighted by atomic mass is 32.2.